The molecular weight excluding hydrogens is 212 g/mol. The van der Waals surface area contributed by atoms with Gasteiger partial charge in [-0.05, 0) is 31.9 Å². The van der Waals surface area contributed by atoms with Gasteiger partial charge in [-0.1, -0.05) is 38.5 Å². The molecule has 2 amide bonds. The molecule has 96 valence electrons. The van der Waals surface area contributed by atoms with E-state index in [-0.39, 0.29) is 6.03 Å². The largest absolute Gasteiger partial charge is 0.338 e. The second-order valence-electron chi connectivity index (χ2n) is 3.50. The number of benzene rings is 1. The number of aryl methyl sites for hydroxylation is 2. The summed E-state index contributed by atoms with van der Waals surface area (Å²) in [4.78, 5) is 11.3. The molecule has 17 heavy (non-hydrogen) atoms. The Balaban J connectivity index is 0.00000121. The van der Waals surface area contributed by atoms with E-state index in [2.05, 4.69) is 30.5 Å². The maximum Gasteiger partial charge on any atom is 0.319 e. The SMILES string of the molecule is CC.CCNC(=O)Nc1ccc(C)cc1CC. The lowest BCUT2D eigenvalue weighted by Crippen LogP contribution is -2.28. The predicted octanol–water partition coefficient (Wildman–Crippen LogP) is 3.73. The molecule has 0 saturated heterocycles. The summed E-state index contributed by atoms with van der Waals surface area (Å²) in [6.45, 7) is 10.7. The molecule has 0 saturated carbocycles. The van der Waals surface area contributed by atoms with Crippen LogP contribution in [-0.4, -0.2) is 12.6 Å². The van der Waals surface area contributed by atoms with Crippen molar-refractivity contribution in [3.63, 3.8) is 0 Å². The van der Waals surface area contributed by atoms with E-state index in [1.807, 2.05) is 32.9 Å². The second kappa shape index (κ2) is 8.62. The number of anilines is 1. The molecule has 0 spiro atoms. The first-order chi connectivity index (χ1) is 8.17. The molecule has 0 heterocycles. The molecule has 1 aromatic rings. The van der Waals surface area contributed by atoms with Gasteiger partial charge in [0.25, 0.3) is 0 Å². The van der Waals surface area contributed by atoms with Gasteiger partial charge in [0.1, 0.15) is 0 Å². The Labute approximate surface area is 105 Å². The summed E-state index contributed by atoms with van der Waals surface area (Å²) in [7, 11) is 0. The Hall–Kier alpha value is -1.51. The van der Waals surface area contributed by atoms with Crippen molar-refractivity contribution in [2.75, 3.05) is 11.9 Å². The number of carbonyl (C=O) groups excluding carboxylic acids is 1. The summed E-state index contributed by atoms with van der Waals surface area (Å²) < 4.78 is 0. The number of nitrogens with one attached hydrogen (secondary N) is 2. The van der Waals surface area contributed by atoms with Crippen LogP contribution in [0.3, 0.4) is 0 Å². The van der Waals surface area contributed by atoms with Crippen LogP contribution in [0.4, 0.5) is 10.5 Å². The first-order valence-electron chi connectivity index (χ1n) is 6.31. The van der Waals surface area contributed by atoms with Gasteiger partial charge in [0.15, 0.2) is 0 Å². The maximum atomic E-state index is 11.3. The van der Waals surface area contributed by atoms with Crippen LogP contribution < -0.4 is 10.6 Å². The van der Waals surface area contributed by atoms with Crippen molar-refractivity contribution in [3.8, 4) is 0 Å². The summed E-state index contributed by atoms with van der Waals surface area (Å²) in [6.07, 6.45) is 0.920. The molecule has 0 aromatic heterocycles. The van der Waals surface area contributed by atoms with Gasteiger partial charge in [0.05, 0.1) is 0 Å². The lowest BCUT2D eigenvalue weighted by atomic mass is 10.1. The van der Waals surface area contributed by atoms with E-state index in [0.717, 1.165) is 12.1 Å². The fourth-order valence-electron chi connectivity index (χ4n) is 1.46. The van der Waals surface area contributed by atoms with Gasteiger partial charge in [-0.3, -0.25) is 0 Å². The fraction of sp³-hybridized carbons (Fsp3) is 0.500. The molecule has 0 radical (unpaired) electrons. The number of hydrogen-bond donors (Lipinski definition) is 2. The summed E-state index contributed by atoms with van der Waals surface area (Å²) in [5.41, 5.74) is 3.28. The molecule has 0 aliphatic heterocycles. The molecule has 1 aromatic carbocycles. The highest BCUT2D eigenvalue weighted by molar-refractivity contribution is 5.90. The molecule has 0 aliphatic carbocycles. The van der Waals surface area contributed by atoms with Crippen LogP contribution >= 0.6 is 0 Å². The third-order valence-corrected chi connectivity index (χ3v) is 2.23. The minimum atomic E-state index is -0.143. The van der Waals surface area contributed by atoms with Crippen LogP contribution in [0.15, 0.2) is 18.2 Å². The maximum absolute atomic E-state index is 11.3. The summed E-state index contributed by atoms with van der Waals surface area (Å²) in [6, 6.07) is 5.90. The molecule has 0 fully saturated rings. The number of carbonyl (C=O) groups is 1. The smallest absolute Gasteiger partial charge is 0.319 e. The van der Waals surface area contributed by atoms with Crippen molar-refractivity contribution < 1.29 is 4.79 Å². The standard InChI is InChI=1S/C12H18N2O.C2H6/c1-4-10-8-9(3)6-7-11(10)14-12(15)13-5-2;1-2/h6-8H,4-5H2,1-3H3,(H2,13,14,15);1-2H3. The highest BCUT2D eigenvalue weighted by atomic mass is 16.2. The van der Waals surface area contributed by atoms with Crippen LogP contribution in [0.1, 0.15) is 38.8 Å². The van der Waals surface area contributed by atoms with E-state index < -0.39 is 0 Å². The minimum absolute atomic E-state index is 0.143. The average Bonchev–Trinajstić information content (AvgIpc) is 2.34. The van der Waals surface area contributed by atoms with Crippen molar-refractivity contribution in [2.45, 2.75) is 41.0 Å². The minimum Gasteiger partial charge on any atom is -0.338 e. The molecule has 3 heteroatoms. The van der Waals surface area contributed by atoms with E-state index in [0.29, 0.717) is 6.54 Å². The summed E-state index contributed by atoms with van der Waals surface area (Å²) in [5.74, 6) is 0. The van der Waals surface area contributed by atoms with Gasteiger partial charge in [-0.2, -0.15) is 0 Å². The van der Waals surface area contributed by atoms with Gasteiger partial charge in [0.2, 0.25) is 0 Å². The van der Waals surface area contributed by atoms with Gasteiger partial charge in [-0.15, -0.1) is 0 Å². The van der Waals surface area contributed by atoms with Gasteiger partial charge in [0, 0.05) is 12.2 Å². The zero-order chi connectivity index (χ0) is 13.3. The topological polar surface area (TPSA) is 41.1 Å². The van der Waals surface area contributed by atoms with Crippen LogP contribution in [0, 0.1) is 6.92 Å². The number of urea groups is 1. The average molecular weight is 236 g/mol. The first-order valence-corrected chi connectivity index (χ1v) is 6.31. The highest BCUT2D eigenvalue weighted by Crippen LogP contribution is 2.17. The molecule has 3 nitrogen and oxygen atoms in total. The molecule has 0 atom stereocenters. The first kappa shape index (κ1) is 15.5. The lowest BCUT2D eigenvalue weighted by Gasteiger charge is -2.10. The Morgan fingerprint density at radius 1 is 1.24 bits per heavy atom. The number of rotatable bonds is 3. The lowest BCUT2D eigenvalue weighted by molar-refractivity contribution is 0.252. The Kier molecular flexibility index (Phi) is 7.85. The molecular formula is C14H24N2O. The second-order valence-corrected chi connectivity index (χ2v) is 3.50. The normalized spacial score (nSPS) is 9.00. The van der Waals surface area contributed by atoms with Gasteiger partial charge < -0.3 is 10.6 Å². The molecule has 0 unspecified atom stereocenters. The third-order valence-electron chi connectivity index (χ3n) is 2.23. The summed E-state index contributed by atoms with van der Waals surface area (Å²) in [5, 5.41) is 5.55. The molecule has 0 bridgehead atoms. The Morgan fingerprint density at radius 3 is 2.41 bits per heavy atom. The number of amides is 2. The zero-order valence-corrected chi connectivity index (χ0v) is 11.6. The number of hydrogen-bond acceptors (Lipinski definition) is 1. The highest BCUT2D eigenvalue weighted by Gasteiger charge is 2.04. The fourth-order valence-corrected chi connectivity index (χ4v) is 1.46. The van der Waals surface area contributed by atoms with Crippen molar-refractivity contribution in [1.82, 2.24) is 5.32 Å². The zero-order valence-electron chi connectivity index (χ0n) is 11.6. The quantitative estimate of drug-likeness (QED) is 0.825. The van der Waals surface area contributed by atoms with Crippen LogP contribution in [0.2, 0.25) is 0 Å². The van der Waals surface area contributed by atoms with E-state index >= 15 is 0 Å². The Bertz CT molecular complexity index is 348. The van der Waals surface area contributed by atoms with Gasteiger partial charge >= 0.3 is 6.03 Å². The molecule has 2 N–H and O–H groups in total. The Morgan fingerprint density at radius 2 is 1.88 bits per heavy atom. The van der Waals surface area contributed by atoms with E-state index in [9.17, 15) is 4.79 Å². The van der Waals surface area contributed by atoms with E-state index in [1.165, 1.54) is 11.1 Å². The molecule has 0 aliphatic rings. The molecule has 1 rings (SSSR count). The predicted molar refractivity (Wildman–Crippen MR) is 74.6 cm³/mol. The van der Waals surface area contributed by atoms with Crippen LogP contribution in [-0.2, 0) is 6.42 Å². The van der Waals surface area contributed by atoms with E-state index in [1.54, 1.807) is 0 Å². The summed E-state index contributed by atoms with van der Waals surface area (Å²) >= 11 is 0. The van der Waals surface area contributed by atoms with Crippen LogP contribution in [0.5, 0.6) is 0 Å². The van der Waals surface area contributed by atoms with Crippen molar-refractivity contribution in [2.24, 2.45) is 0 Å². The van der Waals surface area contributed by atoms with Crippen molar-refractivity contribution >= 4 is 11.7 Å². The van der Waals surface area contributed by atoms with Crippen LogP contribution in [0.25, 0.3) is 0 Å². The monoisotopic (exact) mass is 236 g/mol. The third kappa shape index (κ3) is 5.38. The van der Waals surface area contributed by atoms with E-state index in [4.69, 9.17) is 0 Å². The van der Waals surface area contributed by atoms with Crippen molar-refractivity contribution in [1.29, 1.82) is 0 Å². The van der Waals surface area contributed by atoms with Gasteiger partial charge in [-0.25, -0.2) is 4.79 Å². The van der Waals surface area contributed by atoms with Crippen molar-refractivity contribution in [3.05, 3.63) is 29.3 Å².